The van der Waals surface area contributed by atoms with Crippen LogP contribution in [0.1, 0.15) is 81.8 Å². The smallest absolute Gasteiger partial charge is 0.409 e. The molecule has 5 rings (SSSR count). The average Bonchev–Trinajstić information content (AvgIpc) is 3.61. The first-order valence-corrected chi connectivity index (χ1v) is 18.3. The highest BCUT2D eigenvalue weighted by Crippen LogP contribution is 2.29. The number of nitrogens with zero attached hydrogens (tertiary/aromatic N) is 4. The summed E-state index contributed by atoms with van der Waals surface area (Å²) in [6.45, 7) is 8.73. The summed E-state index contributed by atoms with van der Waals surface area (Å²) in [4.78, 5) is 88.0. The Morgan fingerprint density at radius 2 is 1.60 bits per heavy atom. The minimum Gasteiger partial charge on any atom is -0.480 e. The molecular weight excluding hydrogens is 672 g/mol. The van der Waals surface area contributed by atoms with E-state index in [1.54, 1.807) is 42.7 Å². The third kappa shape index (κ3) is 9.28. The normalized spacial score (nSPS) is 18.6. The zero-order valence-corrected chi connectivity index (χ0v) is 30.5. The van der Waals surface area contributed by atoms with Gasteiger partial charge in [0.25, 0.3) is 11.8 Å². The second-order valence-corrected chi connectivity index (χ2v) is 13.5. The molecule has 0 radical (unpaired) electrons. The van der Waals surface area contributed by atoms with Crippen molar-refractivity contribution in [3.63, 3.8) is 0 Å². The maximum absolute atomic E-state index is 13.9. The van der Waals surface area contributed by atoms with E-state index in [4.69, 9.17) is 14.2 Å². The summed E-state index contributed by atoms with van der Waals surface area (Å²) in [5.74, 6) is -1.81. The van der Waals surface area contributed by atoms with E-state index >= 15 is 0 Å². The fraction of sp³-hybridized carbons (Fsp3) is 0.595. The molecule has 3 atom stereocenters. The summed E-state index contributed by atoms with van der Waals surface area (Å²) in [6, 6.07) is 5.41. The molecule has 15 heteroatoms. The summed E-state index contributed by atoms with van der Waals surface area (Å²) in [5, 5.41) is 6.41. The number of esters is 1. The molecule has 0 spiro atoms. The summed E-state index contributed by atoms with van der Waals surface area (Å²) in [5.41, 5.74) is 1.29. The van der Waals surface area contributed by atoms with E-state index in [-0.39, 0.29) is 81.5 Å². The molecule has 1 aliphatic carbocycles. The quantitative estimate of drug-likeness (QED) is 0.293. The van der Waals surface area contributed by atoms with E-state index in [0.717, 1.165) is 24.8 Å². The van der Waals surface area contributed by atoms with Gasteiger partial charge in [-0.25, -0.2) is 9.78 Å². The predicted molar refractivity (Wildman–Crippen MR) is 189 cm³/mol. The van der Waals surface area contributed by atoms with Crippen LogP contribution in [-0.2, 0) is 28.7 Å². The van der Waals surface area contributed by atoms with Crippen molar-refractivity contribution in [2.75, 3.05) is 45.9 Å². The molecule has 3 aliphatic rings. The topological polar surface area (TPSA) is 177 Å². The van der Waals surface area contributed by atoms with Gasteiger partial charge in [0, 0.05) is 56.6 Å². The minimum absolute atomic E-state index is 0.0194. The van der Waals surface area contributed by atoms with Crippen LogP contribution < -0.4 is 15.4 Å². The maximum Gasteiger partial charge on any atom is 0.409 e. The molecule has 2 N–H and O–H groups in total. The number of hydrogen-bond acceptors (Lipinski definition) is 10. The van der Waals surface area contributed by atoms with Crippen molar-refractivity contribution in [1.29, 1.82) is 0 Å². The monoisotopic (exact) mass is 722 g/mol. The molecule has 2 aliphatic heterocycles. The van der Waals surface area contributed by atoms with Crippen LogP contribution in [0.15, 0.2) is 24.3 Å². The lowest BCUT2D eigenvalue weighted by molar-refractivity contribution is -0.144. The number of benzene rings is 1. The van der Waals surface area contributed by atoms with Gasteiger partial charge in [0.05, 0.1) is 18.7 Å². The Balaban J connectivity index is 1.33. The maximum atomic E-state index is 13.9. The van der Waals surface area contributed by atoms with Crippen LogP contribution in [0.2, 0.25) is 0 Å². The summed E-state index contributed by atoms with van der Waals surface area (Å²) < 4.78 is 16.4. The van der Waals surface area contributed by atoms with Crippen molar-refractivity contribution in [1.82, 2.24) is 30.3 Å². The number of nitrogens with one attached hydrogen (secondary N) is 2. The number of piperazine rings is 1. The van der Waals surface area contributed by atoms with Crippen molar-refractivity contribution < 1.29 is 43.0 Å². The van der Waals surface area contributed by atoms with Gasteiger partial charge in [0.15, 0.2) is 6.10 Å². The molecule has 0 unspecified atom stereocenters. The van der Waals surface area contributed by atoms with Crippen LogP contribution in [0.25, 0.3) is 10.9 Å². The highest BCUT2D eigenvalue weighted by molar-refractivity contribution is 6.00. The standard InChI is InChI=1S/C37H50N6O9/c1-5-50-32(44)15-14-27(36(48)41-17-19-42(20-18-41)37(49)51-6-2)40-33(45)29-22-31(26-13-12-23(3)21-28(26)39-29)52-24(4)35(47)43-16-8-11-30(43)34(46)38-25-9-7-10-25/h12-13,21-22,24-25,27,30H,5-11,14-20H2,1-4H3,(H,38,46)(H,40,45)/t24-,27+,30+/m1/s1. The lowest BCUT2D eigenvalue weighted by Crippen LogP contribution is -2.56. The van der Waals surface area contributed by atoms with Crippen LogP contribution >= 0.6 is 0 Å². The Labute approximate surface area is 303 Å². The van der Waals surface area contributed by atoms with Gasteiger partial charge in [0.2, 0.25) is 11.8 Å². The fourth-order valence-corrected chi connectivity index (χ4v) is 6.68. The van der Waals surface area contributed by atoms with Crippen LogP contribution in [0.3, 0.4) is 0 Å². The van der Waals surface area contributed by atoms with Gasteiger partial charge in [-0.05, 0) is 83.9 Å². The number of fused-ring (bicyclic) bond motifs is 1. The number of hydrogen-bond donors (Lipinski definition) is 2. The Bertz CT molecular complexity index is 1660. The molecule has 5 amide bonds. The molecule has 3 heterocycles. The molecule has 282 valence electrons. The molecule has 52 heavy (non-hydrogen) atoms. The Hall–Kier alpha value is -4.95. The second kappa shape index (κ2) is 17.5. The SMILES string of the molecule is CCOC(=O)CC[C@H](NC(=O)c1cc(O[C@H](C)C(=O)N2CCC[C@H]2C(=O)NC2CCC2)c2ccc(C)cc2n1)C(=O)N1CCN(C(=O)OCC)CC1. The number of pyridine rings is 1. The van der Waals surface area contributed by atoms with Crippen LogP contribution in [-0.4, -0.2) is 126 Å². The first kappa shape index (κ1) is 38.3. The predicted octanol–water partition coefficient (Wildman–Crippen LogP) is 2.71. The molecule has 2 aromatic rings. The molecule has 1 aromatic heterocycles. The van der Waals surface area contributed by atoms with Gasteiger partial charge < -0.3 is 39.5 Å². The number of ether oxygens (including phenoxy) is 3. The van der Waals surface area contributed by atoms with Gasteiger partial charge in [-0.1, -0.05) is 6.07 Å². The number of aromatic nitrogens is 1. The Morgan fingerprint density at radius 1 is 0.885 bits per heavy atom. The first-order chi connectivity index (χ1) is 25.0. The Kier molecular flexibility index (Phi) is 12.9. The molecule has 1 saturated carbocycles. The van der Waals surface area contributed by atoms with Gasteiger partial charge in [-0.15, -0.1) is 0 Å². The third-order valence-electron chi connectivity index (χ3n) is 9.76. The zero-order chi connectivity index (χ0) is 37.4. The lowest BCUT2D eigenvalue weighted by atomic mass is 9.93. The molecule has 15 nitrogen and oxygen atoms in total. The van der Waals surface area contributed by atoms with E-state index in [2.05, 4.69) is 15.6 Å². The van der Waals surface area contributed by atoms with Crippen LogP contribution in [0.5, 0.6) is 5.75 Å². The number of carbonyl (C=O) groups excluding carboxylic acids is 6. The van der Waals surface area contributed by atoms with E-state index in [9.17, 15) is 28.8 Å². The van der Waals surface area contributed by atoms with Crippen molar-refractivity contribution in [2.45, 2.75) is 96.9 Å². The number of likely N-dealkylation sites (tertiary alicyclic amines) is 1. The van der Waals surface area contributed by atoms with Crippen LogP contribution in [0, 0.1) is 6.92 Å². The van der Waals surface area contributed by atoms with E-state index in [1.807, 2.05) is 13.0 Å². The molecular formula is C37H50N6O9. The van der Waals surface area contributed by atoms with E-state index < -0.39 is 42.1 Å². The molecule has 0 bridgehead atoms. The summed E-state index contributed by atoms with van der Waals surface area (Å²) in [7, 11) is 0. The summed E-state index contributed by atoms with van der Waals surface area (Å²) in [6.07, 6.45) is 2.71. The molecule has 3 fully saturated rings. The first-order valence-electron chi connectivity index (χ1n) is 18.3. The Morgan fingerprint density at radius 3 is 2.27 bits per heavy atom. The highest BCUT2D eigenvalue weighted by Gasteiger charge is 2.38. The van der Waals surface area contributed by atoms with Crippen molar-refractivity contribution in [3.8, 4) is 5.75 Å². The van der Waals surface area contributed by atoms with Gasteiger partial charge >= 0.3 is 12.1 Å². The summed E-state index contributed by atoms with van der Waals surface area (Å²) >= 11 is 0. The number of rotatable bonds is 13. The second-order valence-electron chi connectivity index (χ2n) is 13.5. The molecule has 2 saturated heterocycles. The fourth-order valence-electron chi connectivity index (χ4n) is 6.68. The van der Waals surface area contributed by atoms with E-state index in [1.165, 1.54) is 11.0 Å². The van der Waals surface area contributed by atoms with Crippen molar-refractivity contribution in [2.24, 2.45) is 0 Å². The lowest BCUT2D eigenvalue weighted by Gasteiger charge is -2.36. The molecule has 1 aromatic carbocycles. The number of amides is 5. The number of carbonyl (C=O) groups is 6. The minimum atomic E-state index is -1.09. The number of aryl methyl sites for hydroxylation is 1. The van der Waals surface area contributed by atoms with E-state index in [0.29, 0.717) is 30.3 Å². The van der Waals surface area contributed by atoms with Crippen LogP contribution in [0.4, 0.5) is 4.79 Å². The van der Waals surface area contributed by atoms with Gasteiger partial charge in [-0.2, -0.15) is 0 Å². The zero-order valence-electron chi connectivity index (χ0n) is 30.5. The van der Waals surface area contributed by atoms with Gasteiger partial charge in [0.1, 0.15) is 23.5 Å². The highest BCUT2D eigenvalue weighted by atomic mass is 16.6. The van der Waals surface area contributed by atoms with Crippen molar-refractivity contribution in [3.05, 3.63) is 35.5 Å². The average molecular weight is 723 g/mol. The largest absolute Gasteiger partial charge is 0.480 e. The van der Waals surface area contributed by atoms with Gasteiger partial charge in [-0.3, -0.25) is 24.0 Å². The third-order valence-corrected chi connectivity index (χ3v) is 9.76. The van der Waals surface area contributed by atoms with Crippen molar-refractivity contribution >= 4 is 46.6 Å².